The third kappa shape index (κ3) is 3.33. The molecule has 0 N–H and O–H groups in total. The molecule has 0 radical (unpaired) electrons. The van der Waals surface area contributed by atoms with Gasteiger partial charge in [0.05, 0.1) is 13.0 Å². The van der Waals surface area contributed by atoms with Gasteiger partial charge in [-0.2, -0.15) is 0 Å². The predicted molar refractivity (Wildman–Crippen MR) is 87.2 cm³/mol. The van der Waals surface area contributed by atoms with E-state index in [1.165, 1.54) is 5.56 Å². The highest BCUT2D eigenvalue weighted by Gasteiger charge is 2.38. The van der Waals surface area contributed by atoms with Crippen molar-refractivity contribution in [1.29, 1.82) is 0 Å². The number of carbonyl (C=O) groups excluding carboxylic acids is 2. The van der Waals surface area contributed by atoms with Crippen LogP contribution in [-0.4, -0.2) is 54.9 Å². The van der Waals surface area contributed by atoms with Crippen LogP contribution in [0.3, 0.4) is 0 Å². The molecule has 5 nitrogen and oxygen atoms in total. The molecule has 2 saturated heterocycles. The Kier molecular flexibility index (Phi) is 4.55. The van der Waals surface area contributed by atoms with Gasteiger partial charge in [-0.05, 0) is 37.0 Å². The van der Waals surface area contributed by atoms with Gasteiger partial charge in [0.15, 0.2) is 0 Å². The van der Waals surface area contributed by atoms with Crippen molar-refractivity contribution in [3.63, 3.8) is 0 Å². The number of methoxy groups -OCH3 is 1. The number of hydrogen-bond donors (Lipinski definition) is 0. The molecule has 0 saturated carbocycles. The van der Waals surface area contributed by atoms with Gasteiger partial charge < -0.3 is 14.5 Å². The number of rotatable bonds is 4. The maximum absolute atomic E-state index is 12.8. The van der Waals surface area contributed by atoms with Crippen molar-refractivity contribution in [3.05, 3.63) is 29.8 Å². The highest BCUT2D eigenvalue weighted by atomic mass is 16.5. The van der Waals surface area contributed by atoms with E-state index in [4.69, 9.17) is 4.74 Å². The molecule has 1 aromatic rings. The van der Waals surface area contributed by atoms with E-state index < -0.39 is 0 Å². The fourth-order valence-corrected chi connectivity index (χ4v) is 3.67. The molecular weight excluding hydrogens is 292 g/mol. The highest BCUT2D eigenvalue weighted by molar-refractivity contribution is 5.89. The Bertz CT molecular complexity index is 602. The molecule has 124 valence electrons. The minimum absolute atomic E-state index is 0.0758. The summed E-state index contributed by atoms with van der Waals surface area (Å²) in [7, 11) is 3.44. The summed E-state index contributed by atoms with van der Waals surface area (Å²) in [5.74, 6) is 0.903. The molecule has 0 bridgehead atoms. The number of ether oxygens (including phenoxy) is 1. The van der Waals surface area contributed by atoms with Gasteiger partial charge in [0.2, 0.25) is 11.8 Å². The summed E-state index contributed by atoms with van der Waals surface area (Å²) in [6.45, 7) is 1.36. The second-order valence-corrected chi connectivity index (χ2v) is 6.56. The Hall–Kier alpha value is -2.04. The van der Waals surface area contributed by atoms with Crippen LogP contribution in [-0.2, 0) is 16.0 Å². The molecule has 0 unspecified atom stereocenters. The van der Waals surface area contributed by atoms with Gasteiger partial charge in [0.25, 0.3) is 0 Å². The minimum atomic E-state index is -0.168. The van der Waals surface area contributed by atoms with Gasteiger partial charge in [0.1, 0.15) is 5.75 Å². The van der Waals surface area contributed by atoms with Crippen LogP contribution in [0.1, 0.15) is 24.8 Å². The lowest BCUT2D eigenvalue weighted by Gasteiger charge is -2.27. The van der Waals surface area contributed by atoms with E-state index in [0.717, 1.165) is 31.6 Å². The van der Waals surface area contributed by atoms with Crippen LogP contribution in [0.5, 0.6) is 5.75 Å². The lowest BCUT2D eigenvalue weighted by Crippen LogP contribution is -2.41. The molecule has 5 heteroatoms. The highest BCUT2D eigenvalue weighted by Crippen LogP contribution is 2.27. The molecule has 0 spiro atoms. The van der Waals surface area contributed by atoms with Crippen molar-refractivity contribution in [1.82, 2.24) is 9.80 Å². The molecule has 2 heterocycles. The van der Waals surface area contributed by atoms with Crippen molar-refractivity contribution >= 4 is 11.8 Å². The van der Waals surface area contributed by atoms with Crippen LogP contribution in [0.25, 0.3) is 0 Å². The quantitative estimate of drug-likeness (QED) is 0.849. The third-order valence-corrected chi connectivity index (χ3v) is 4.96. The van der Waals surface area contributed by atoms with Crippen LogP contribution in [0.2, 0.25) is 0 Å². The molecule has 0 aromatic heterocycles. The van der Waals surface area contributed by atoms with Gasteiger partial charge in [-0.25, -0.2) is 0 Å². The zero-order valence-corrected chi connectivity index (χ0v) is 13.8. The topological polar surface area (TPSA) is 49.9 Å². The van der Waals surface area contributed by atoms with E-state index >= 15 is 0 Å². The molecule has 2 aliphatic rings. The number of carbonyl (C=O) groups is 2. The van der Waals surface area contributed by atoms with Crippen molar-refractivity contribution < 1.29 is 14.3 Å². The van der Waals surface area contributed by atoms with E-state index in [2.05, 4.69) is 6.07 Å². The molecule has 2 atom stereocenters. The Morgan fingerprint density at radius 3 is 2.91 bits per heavy atom. The molecular formula is C18H24N2O3. The van der Waals surface area contributed by atoms with Crippen molar-refractivity contribution in [2.24, 2.45) is 5.92 Å². The van der Waals surface area contributed by atoms with Gasteiger partial charge in [-0.15, -0.1) is 0 Å². The standard InChI is InChI=1S/C18H24N2O3/c1-19-12-14(11-17(19)21)18(22)20-8-4-6-15(20)9-13-5-3-7-16(10-13)23-2/h3,5,7,10,14-15H,4,6,8-9,11-12H2,1-2H3/t14-,15-/m0/s1. The molecule has 1 aromatic carbocycles. The number of amides is 2. The average molecular weight is 316 g/mol. The van der Waals surface area contributed by atoms with Gasteiger partial charge in [-0.3, -0.25) is 9.59 Å². The Balaban J connectivity index is 1.67. The summed E-state index contributed by atoms with van der Waals surface area (Å²) in [6, 6.07) is 8.26. The summed E-state index contributed by atoms with van der Waals surface area (Å²) in [4.78, 5) is 28.1. The summed E-state index contributed by atoms with van der Waals surface area (Å²) < 4.78 is 5.27. The zero-order chi connectivity index (χ0) is 16.4. The number of hydrogen-bond acceptors (Lipinski definition) is 3. The van der Waals surface area contributed by atoms with E-state index in [1.54, 1.807) is 19.1 Å². The van der Waals surface area contributed by atoms with Crippen molar-refractivity contribution in [3.8, 4) is 5.75 Å². The number of benzene rings is 1. The Morgan fingerprint density at radius 2 is 2.22 bits per heavy atom. The normalized spacial score (nSPS) is 24.3. The second-order valence-electron chi connectivity index (χ2n) is 6.56. The van der Waals surface area contributed by atoms with Gasteiger partial charge >= 0.3 is 0 Å². The SMILES string of the molecule is COc1cccc(C[C@@H]2CCCN2C(=O)[C@H]2CC(=O)N(C)C2)c1. The monoisotopic (exact) mass is 316 g/mol. The Morgan fingerprint density at radius 1 is 1.39 bits per heavy atom. The van der Waals surface area contributed by atoms with Crippen molar-refractivity contribution in [2.75, 3.05) is 27.2 Å². The fourth-order valence-electron chi connectivity index (χ4n) is 3.67. The fraction of sp³-hybridized carbons (Fsp3) is 0.556. The van der Waals surface area contributed by atoms with Gasteiger partial charge in [0, 0.05) is 32.6 Å². The largest absolute Gasteiger partial charge is 0.497 e. The molecule has 2 aliphatic heterocycles. The first-order valence-corrected chi connectivity index (χ1v) is 8.26. The van der Waals surface area contributed by atoms with Crippen LogP contribution in [0, 0.1) is 5.92 Å². The van der Waals surface area contributed by atoms with E-state index in [9.17, 15) is 9.59 Å². The number of likely N-dealkylation sites (tertiary alicyclic amines) is 2. The predicted octanol–water partition coefficient (Wildman–Crippen LogP) is 1.71. The van der Waals surface area contributed by atoms with E-state index in [0.29, 0.717) is 13.0 Å². The van der Waals surface area contributed by atoms with Crippen LogP contribution < -0.4 is 4.74 Å². The van der Waals surface area contributed by atoms with Crippen LogP contribution in [0.4, 0.5) is 0 Å². The first-order chi connectivity index (χ1) is 11.1. The summed E-state index contributed by atoms with van der Waals surface area (Å²) in [6.07, 6.45) is 3.27. The number of nitrogens with zero attached hydrogens (tertiary/aromatic N) is 2. The zero-order valence-electron chi connectivity index (χ0n) is 13.8. The molecule has 3 rings (SSSR count). The van der Waals surface area contributed by atoms with Gasteiger partial charge in [-0.1, -0.05) is 12.1 Å². The maximum atomic E-state index is 12.8. The molecule has 23 heavy (non-hydrogen) atoms. The third-order valence-electron chi connectivity index (χ3n) is 4.96. The van der Waals surface area contributed by atoms with E-state index in [1.807, 2.05) is 23.1 Å². The second kappa shape index (κ2) is 6.60. The molecule has 2 amide bonds. The minimum Gasteiger partial charge on any atom is -0.497 e. The van der Waals surface area contributed by atoms with Crippen LogP contribution in [0.15, 0.2) is 24.3 Å². The smallest absolute Gasteiger partial charge is 0.228 e. The lowest BCUT2D eigenvalue weighted by molar-refractivity contribution is -0.136. The van der Waals surface area contributed by atoms with Crippen LogP contribution >= 0.6 is 0 Å². The maximum Gasteiger partial charge on any atom is 0.228 e. The van der Waals surface area contributed by atoms with E-state index in [-0.39, 0.29) is 23.8 Å². The molecule has 0 aliphatic carbocycles. The average Bonchev–Trinajstić information content (AvgIpc) is 3.14. The molecule has 2 fully saturated rings. The summed E-state index contributed by atoms with van der Waals surface area (Å²) in [5.41, 5.74) is 1.19. The summed E-state index contributed by atoms with van der Waals surface area (Å²) >= 11 is 0. The first kappa shape index (κ1) is 15.8. The Labute approximate surface area is 137 Å². The summed E-state index contributed by atoms with van der Waals surface area (Å²) in [5, 5.41) is 0. The first-order valence-electron chi connectivity index (χ1n) is 8.26. The van der Waals surface area contributed by atoms with Crippen molar-refractivity contribution in [2.45, 2.75) is 31.7 Å². The lowest BCUT2D eigenvalue weighted by atomic mass is 10.0.